The number of amides is 1. The minimum atomic E-state index is 0.0238. The monoisotopic (exact) mass is 250 g/mol. The maximum atomic E-state index is 12.5. The van der Waals surface area contributed by atoms with Gasteiger partial charge in [-0.2, -0.15) is 5.10 Å². The molecule has 0 saturated heterocycles. The molecule has 1 heterocycles. The third-order valence-corrected chi connectivity index (χ3v) is 3.37. The van der Waals surface area contributed by atoms with E-state index in [-0.39, 0.29) is 5.91 Å². The van der Waals surface area contributed by atoms with Gasteiger partial charge in [-0.25, -0.2) is 0 Å². The molecule has 5 nitrogen and oxygen atoms in total. The lowest BCUT2D eigenvalue weighted by Crippen LogP contribution is -2.36. The molecular weight excluding hydrogens is 228 g/mol. The molecule has 18 heavy (non-hydrogen) atoms. The van der Waals surface area contributed by atoms with E-state index >= 15 is 0 Å². The highest BCUT2D eigenvalue weighted by atomic mass is 16.2. The number of nitrogen functional groups attached to an aromatic ring is 1. The van der Waals surface area contributed by atoms with Crippen molar-refractivity contribution in [2.24, 2.45) is 13.0 Å². The maximum absolute atomic E-state index is 12.5. The molecule has 1 amide bonds. The smallest absolute Gasteiger partial charge is 0.274 e. The van der Waals surface area contributed by atoms with Crippen LogP contribution in [0, 0.1) is 5.92 Å². The van der Waals surface area contributed by atoms with Gasteiger partial charge in [0.1, 0.15) is 5.69 Å². The molecule has 5 heteroatoms. The summed E-state index contributed by atoms with van der Waals surface area (Å²) in [5, 5.41) is 4.04. The van der Waals surface area contributed by atoms with Crippen molar-refractivity contribution in [1.29, 1.82) is 0 Å². The number of nitrogens with zero attached hydrogens (tertiary/aromatic N) is 3. The van der Waals surface area contributed by atoms with Crippen molar-refractivity contribution in [3.8, 4) is 0 Å². The molecule has 0 spiro atoms. The van der Waals surface area contributed by atoms with E-state index in [2.05, 4.69) is 18.9 Å². The SMILES string of the molecule is CC(C)CCN(C(=O)c1c(N)cnn1C)C1CC1. The average molecular weight is 250 g/mol. The summed E-state index contributed by atoms with van der Waals surface area (Å²) >= 11 is 0. The molecule has 100 valence electrons. The van der Waals surface area contributed by atoms with Gasteiger partial charge in [0.2, 0.25) is 0 Å². The van der Waals surface area contributed by atoms with E-state index in [4.69, 9.17) is 5.73 Å². The summed E-state index contributed by atoms with van der Waals surface area (Å²) in [5.41, 5.74) is 6.81. The molecule has 0 unspecified atom stereocenters. The van der Waals surface area contributed by atoms with E-state index in [1.807, 2.05) is 4.90 Å². The summed E-state index contributed by atoms with van der Waals surface area (Å²) in [6, 6.07) is 0.408. The van der Waals surface area contributed by atoms with Gasteiger partial charge in [0.15, 0.2) is 0 Å². The van der Waals surface area contributed by atoms with Crippen LogP contribution in [0.25, 0.3) is 0 Å². The van der Waals surface area contributed by atoms with Crippen LogP contribution >= 0.6 is 0 Å². The second kappa shape index (κ2) is 5.00. The number of carbonyl (C=O) groups is 1. The van der Waals surface area contributed by atoms with Crippen LogP contribution < -0.4 is 5.73 Å². The van der Waals surface area contributed by atoms with Gasteiger partial charge < -0.3 is 10.6 Å². The zero-order valence-corrected chi connectivity index (χ0v) is 11.4. The molecule has 1 fully saturated rings. The van der Waals surface area contributed by atoms with Gasteiger partial charge in [-0.3, -0.25) is 9.48 Å². The van der Waals surface area contributed by atoms with E-state index in [9.17, 15) is 4.79 Å². The number of anilines is 1. The van der Waals surface area contributed by atoms with Crippen molar-refractivity contribution in [2.45, 2.75) is 39.2 Å². The Balaban J connectivity index is 2.13. The number of aryl methyl sites for hydroxylation is 1. The number of nitrogens with two attached hydrogens (primary N) is 1. The molecular formula is C13H22N4O. The van der Waals surface area contributed by atoms with Crippen LogP contribution in [0.1, 0.15) is 43.6 Å². The molecule has 2 rings (SSSR count). The first kappa shape index (κ1) is 12.9. The Morgan fingerprint density at radius 1 is 1.61 bits per heavy atom. The molecule has 2 N–H and O–H groups in total. The summed E-state index contributed by atoms with van der Waals surface area (Å²) in [5.74, 6) is 0.624. The molecule has 0 aliphatic heterocycles. The zero-order valence-electron chi connectivity index (χ0n) is 11.4. The third kappa shape index (κ3) is 2.66. The zero-order chi connectivity index (χ0) is 13.3. The lowest BCUT2D eigenvalue weighted by atomic mass is 10.1. The van der Waals surface area contributed by atoms with Crippen LogP contribution in [0.15, 0.2) is 6.20 Å². The minimum Gasteiger partial charge on any atom is -0.396 e. The van der Waals surface area contributed by atoms with Crippen molar-refractivity contribution in [3.63, 3.8) is 0 Å². The van der Waals surface area contributed by atoms with Crippen LogP contribution in [0.4, 0.5) is 5.69 Å². The first-order chi connectivity index (χ1) is 8.50. The Morgan fingerprint density at radius 2 is 2.28 bits per heavy atom. The second-order valence-electron chi connectivity index (χ2n) is 5.48. The van der Waals surface area contributed by atoms with Crippen molar-refractivity contribution >= 4 is 11.6 Å². The van der Waals surface area contributed by atoms with E-state index in [0.29, 0.717) is 23.3 Å². The molecule has 0 aromatic carbocycles. The van der Waals surface area contributed by atoms with Gasteiger partial charge in [-0.15, -0.1) is 0 Å². The predicted octanol–water partition coefficient (Wildman–Crippen LogP) is 1.65. The number of hydrogen-bond acceptors (Lipinski definition) is 3. The molecule has 1 aromatic rings. The van der Waals surface area contributed by atoms with E-state index in [0.717, 1.165) is 25.8 Å². The summed E-state index contributed by atoms with van der Waals surface area (Å²) < 4.78 is 1.57. The van der Waals surface area contributed by atoms with E-state index in [1.54, 1.807) is 17.9 Å². The fraction of sp³-hybridized carbons (Fsp3) is 0.692. The largest absolute Gasteiger partial charge is 0.396 e. The van der Waals surface area contributed by atoms with Crippen molar-refractivity contribution in [3.05, 3.63) is 11.9 Å². The number of hydrogen-bond donors (Lipinski definition) is 1. The first-order valence-corrected chi connectivity index (χ1v) is 6.59. The fourth-order valence-electron chi connectivity index (χ4n) is 2.09. The van der Waals surface area contributed by atoms with Crippen molar-refractivity contribution < 1.29 is 4.79 Å². The fourth-order valence-corrected chi connectivity index (χ4v) is 2.09. The van der Waals surface area contributed by atoms with Crippen LogP contribution in [-0.2, 0) is 7.05 Å². The minimum absolute atomic E-state index is 0.0238. The third-order valence-electron chi connectivity index (χ3n) is 3.37. The van der Waals surface area contributed by atoms with Gasteiger partial charge in [0, 0.05) is 19.6 Å². The standard InChI is InChI=1S/C13H22N4O/c1-9(2)6-7-17(10-4-5-10)13(18)12-11(14)8-15-16(12)3/h8-10H,4-7,14H2,1-3H3. The average Bonchev–Trinajstić information content (AvgIpc) is 3.06. The second-order valence-corrected chi connectivity index (χ2v) is 5.48. The lowest BCUT2D eigenvalue weighted by molar-refractivity contribution is 0.0725. The van der Waals surface area contributed by atoms with Crippen molar-refractivity contribution in [2.75, 3.05) is 12.3 Å². The Kier molecular flexibility index (Phi) is 3.59. The van der Waals surface area contributed by atoms with Gasteiger partial charge >= 0.3 is 0 Å². The lowest BCUT2D eigenvalue weighted by Gasteiger charge is -2.23. The summed E-state index contributed by atoms with van der Waals surface area (Å²) in [4.78, 5) is 14.5. The summed E-state index contributed by atoms with van der Waals surface area (Å²) in [6.07, 6.45) is 4.80. The number of carbonyl (C=O) groups excluding carboxylic acids is 1. The highest BCUT2D eigenvalue weighted by molar-refractivity contribution is 5.97. The van der Waals surface area contributed by atoms with Gasteiger partial charge in [-0.05, 0) is 25.2 Å². The van der Waals surface area contributed by atoms with E-state index in [1.165, 1.54) is 0 Å². The van der Waals surface area contributed by atoms with Crippen LogP contribution in [0.3, 0.4) is 0 Å². The molecule has 1 saturated carbocycles. The quantitative estimate of drug-likeness (QED) is 0.864. The predicted molar refractivity (Wildman–Crippen MR) is 71.1 cm³/mol. The van der Waals surface area contributed by atoms with Gasteiger partial charge in [0.05, 0.1) is 11.9 Å². The molecule has 0 atom stereocenters. The van der Waals surface area contributed by atoms with E-state index < -0.39 is 0 Å². The Hall–Kier alpha value is -1.52. The normalized spacial score (nSPS) is 15.1. The highest BCUT2D eigenvalue weighted by Gasteiger charge is 2.34. The number of aromatic nitrogens is 2. The molecule has 1 aliphatic carbocycles. The van der Waals surface area contributed by atoms with Gasteiger partial charge in [-0.1, -0.05) is 13.8 Å². The molecule has 0 bridgehead atoms. The van der Waals surface area contributed by atoms with Crippen LogP contribution in [0.5, 0.6) is 0 Å². The van der Waals surface area contributed by atoms with Gasteiger partial charge in [0.25, 0.3) is 5.91 Å². The Labute approximate surface area is 108 Å². The maximum Gasteiger partial charge on any atom is 0.274 e. The summed E-state index contributed by atoms with van der Waals surface area (Å²) in [6.45, 7) is 5.16. The molecule has 0 radical (unpaired) electrons. The number of rotatable bonds is 5. The Morgan fingerprint density at radius 3 is 2.72 bits per heavy atom. The van der Waals surface area contributed by atoms with Crippen molar-refractivity contribution in [1.82, 2.24) is 14.7 Å². The highest BCUT2D eigenvalue weighted by Crippen LogP contribution is 2.29. The first-order valence-electron chi connectivity index (χ1n) is 6.59. The molecule has 1 aliphatic rings. The van der Waals surface area contributed by atoms with Crippen LogP contribution in [-0.4, -0.2) is 33.2 Å². The van der Waals surface area contributed by atoms with Crippen LogP contribution in [0.2, 0.25) is 0 Å². The Bertz CT molecular complexity index is 415. The molecule has 1 aromatic heterocycles. The topological polar surface area (TPSA) is 64.2 Å². The summed E-state index contributed by atoms with van der Waals surface area (Å²) in [7, 11) is 1.76.